The summed E-state index contributed by atoms with van der Waals surface area (Å²) in [6, 6.07) is 36.3. The van der Waals surface area contributed by atoms with Crippen molar-refractivity contribution in [1.82, 2.24) is 9.38 Å². The van der Waals surface area contributed by atoms with Crippen LogP contribution in [0.1, 0.15) is 5.56 Å². The molecular weight excluding hydrogens is 498 g/mol. The van der Waals surface area contributed by atoms with E-state index in [-0.39, 0.29) is 5.75 Å². The number of halogens is 1. The van der Waals surface area contributed by atoms with E-state index in [1.807, 2.05) is 72.8 Å². The number of nitrogens with one attached hydrogen (secondary N) is 1. The van der Waals surface area contributed by atoms with Crippen molar-refractivity contribution in [2.75, 3.05) is 5.32 Å². The third-order valence-corrected chi connectivity index (χ3v) is 6.70. The lowest BCUT2D eigenvalue weighted by Gasteiger charge is -2.15. The van der Waals surface area contributed by atoms with Crippen molar-refractivity contribution in [1.29, 1.82) is 0 Å². The number of phenolic OH excluding ortho intramolecular Hbond substituents is 1. The lowest BCUT2D eigenvalue weighted by molar-refractivity contribution is 0.478. The average Bonchev–Trinajstić information content (AvgIpc) is 3.27. The summed E-state index contributed by atoms with van der Waals surface area (Å²) < 4.78 is 3.15. The van der Waals surface area contributed by atoms with Crippen LogP contribution < -0.4 is 5.32 Å². The fourth-order valence-corrected chi connectivity index (χ4v) is 5.06. The summed E-state index contributed by atoms with van der Waals surface area (Å²) in [6.45, 7) is 0.628. The smallest absolute Gasteiger partial charge is 0.139 e. The number of pyridine rings is 1. The van der Waals surface area contributed by atoms with Gasteiger partial charge in [0.05, 0.1) is 5.69 Å². The van der Waals surface area contributed by atoms with Crippen LogP contribution in [0.2, 0.25) is 0 Å². The van der Waals surface area contributed by atoms with Gasteiger partial charge in [-0.1, -0.05) is 94.8 Å². The predicted octanol–water partition coefficient (Wildman–Crippen LogP) is 7.90. The molecule has 0 spiro atoms. The van der Waals surface area contributed by atoms with Crippen LogP contribution in [0, 0.1) is 0 Å². The summed E-state index contributed by atoms with van der Waals surface area (Å²) in [4.78, 5) is 5.02. The first-order valence-electron chi connectivity index (χ1n) is 11.5. The molecule has 0 amide bonds. The number of hydrogen-bond acceptors (Lipinski definition) is 3. The molecule has 4 nitrogen and oxygen atoms in total. The number of phenols is 1. The Morgan fingerprint density at radius 2 is 1.60 bits per heavy atom. The minimum absolute atomic E-state index is 0.240. The van der Waals surface area contributed by atoms with Gasteiger partial charge in [-0.2, -0.15) is 0 Å². The molecule has 0 saturated heterocycles. The van der Waals surface area contributed by atoms with Gasteiger partial charge in [-0.15, -0.1) is 0 Å². The van der Waals surface area contributed by atoms with Crippen molar-refractivity contribution < 1.29 is 5.11 Å². The zero-order chi connectivity index (χ0) is 23.8. The van der Waals surface area contributed by atoms with E-state index >= 15 is 0 Å². The lowest BCUT2D eigenvalue weighted by Crippen LogP contribution is -2.05. The first-order chi connectivity index (χ1) is 17.2. The number of benzene rings is 4. The minimum atomic E-state index is 0.240. The fraction of sp³-hybridized carbons (Fsp3) is 0.0333. The maximum atomic E-state index is 11.0. The van der Waals surface area contributed by atoms with Crippen molar-refractivity contribution >= 4 is 38.2 Å². The molecule has 6 rings (SSSR count). The summed E-state index contributed by atoms with van der Waals surface area (Å²) in [5.41, 5.74) is 5.53. The molecule has 5 heteroatoms. The first-order valence-corrected chi connectivity index (χ1v) is 12.2. The second-order valence-corrected chi connectivity index (χ2v) is 9.36. The van der Waals surface area contributed by atoms with Gasteiger partial charge in [0.2, 0.25) is 0 Å². The molecule has 2 N–H and O–H groups in total. The molecule has 0 fully saturated rings. The average molecular weight is 520 g/mol. The van der Waals surface area contributed by atoms with Gasteiger partial charge < -0.3 is 10.4 Å². The second-order valence-electron chi connectivity index (χ2n) is 8.44. The van der Waals surface area contributed by atoms with Crippen molar-refractivity contribution in [3.05, 3.63) is 119 Å². The number of hydrogen-bond donors (Lipinski definition) is 2. The Hall–Kier alpha value is -4.09. The van der Waals surface area contributed by atoms with Crippen LogP contribution in [0.4, 0.5) is 5.82 Å². The van der Waals surface area contributed by atoms with Crippen molar-refractivity contribution in [3.8, 4) is 28.3 Å². The van der Waals surface area contributed by atoms with Crippen LogP contribution in [-0.2, 0) is 6.54 Å². The summed E-state index contributed by atoms with van der Waals surface area (Å²) in [6.07, 6.45) is 0. The number of anilines is 1. The Labute approximate surface area is 211 Å². The minimum Gasteiger partial charge on any atom is -0.507 e. The zero-order valence-electron chi connectivity index (χ0n) is 18.8. The van der Waals surface area contributed by atoms with E-state index < -0.39 is 0 Å². The largest absolute Gasteiger partial charge is 0.507 e. The third kappa shape index (κ3) is 3.94. The molecule has 4 aromatic carbocycles. The quantitative estimate of drug-likeness (QED) is 0.243. The number of aromatic nitrogens is 2. The van der Waals surface area contributed by atoms with Crippen molar-refractivity contribution in [2.24, 2.45) is 0 Å². The first kappa shape index (κ1) is 21.4. The summed E-state index contributed by atoms with van der Waals surface area (Å²) >= 11 is 3.57. The number of aromatic hydroxyl groups is 1. The maximum Gasteiger partial charge on any atom is 0.139 e. The van der Waals surface area contributed by atoms with Crippen molar-refractivity contribution in [2.45, 2.75) is 6.54 Å². The Balaban J connectivity index is 1.60. The Bertz CT molecular complexity index is 1670. The SMILES string of the molecule is Oc1ccc2ccccc2c1-c1cccc2nc(-c3ccccc3)c(NCc3cccc(Br)c3)n12. The Morgan fingerprint density at radius 3 is 2.46 bits per heavy atom. The summed E-state index contributed by atoms with van der Waals surface area (Å²) in [5.74, 6) is 1.12. The van der Waals surface area contributed by atoms with E-state index in [0.717, 1.165) is 54.8 Å². The molecule has 35 heavy (non-hydrogen) atoms. The van der Waals surface area contributed by atoms with Crippen LogP contribution >= 0.6 is 15.9 Å². The molecule has 6 aromatic rings. The van der Waals surface area contributed by atoms with E-state index in [1.165, 1.54) is 0 Å². The summed E-state index contributed by atoms with van der Waals surface area (Å²) in [5, 5.41) is 16.7. The molecule has 0 unspecified atom stereocenters. The van der Waals surface area contributed by atoms with Crippen LogP contribution in [0.25, 0.3) is 38.9 Å². The van der Waals surface area contributed by atoms with Gasteiger partial charge >= 0.3 is 0 Å². The molecule has 0 atom stereocenters. The third-order valence-electron chi connectivity index (χ3n) is 6.20. The lowest BCUT2D eigenvalue weighted by atomic mass is 10.0. The molecule has 0 aliphatic heterocycles. The molecule has 170 valence electrons. The molecular formula is C30H22BrN3O. The topological polar surface area (TPSA) is 49.6 Å². The number of nitrogens with zero attached hydrogens (tertiary/aromatic N) is 2. The normalized spacial score (nSPS) is 11.2. The maximum absolute atomic E-state index is 11.0. The van der Waals surface area contributed by atoms with Crippen LogP contribution in [0.5, 0.6) is 5.75 Å². The highest BCUT2D eigenvalue weighted by molar-refractivity contribution is 9.10. The molecule has 0 aliphatic rings. The molecule has 0 aliphatic carbocycles. The number of imidazole rings is 1. The monoisotopic (exact) mass is 519 g/mol. The van der Waals surface area contributed by atoms with E-state index in [9.17, 15) is 5.11 Å². The van der Waals surface area contributed by atoms with Gasteiger partial charge in [0.1, 0.15) is 22.9 Å². The van der Waals surface area contributed by atoms with Gasteiger partial charge in [-0.05, 0) is 46.7 Å². The second kappa shape index (κ2) is 8.93. The highest BCUT2D eigenvalue weighted by Gasteiger charge is 2.20. The van der Waals surface area contributed by atoms with Crippen molar-refractivity contribution in [3.63, 3.8) is 0 Å². The number of fused-ring (bicyclic) bond motifs is 2. The molecule has 2 aromatic heterocycles. The van der Waals surface area contributed by atoms with Gasteiger partial charge in [0.15, 0.2) is 0 Å². The van der Waals surface area contributed by atoms with E-state index in [4.69, 9.17) is 4.98 Å². The predicted molar refractivity (Wildman–Crippen MR) is 147 cm³/mol. The highest BCUT2D eigenvalue weighted by atomic mass is 79.9. The van der Waals surface area contributed by atoms with Crippen LogP contribution in [0.15, 0.2) is 114 Å². The van der Waals surface area contributed by atoms with Crippen LogP contribution in [-0.4, -0.2) is 14.5 Å². The Kier molecular flexibility index (Phi) is 5.47. The molecule has 0 radical (unpaired) electrons. The molecule has 0 bridgehead atoms. The fourth-order valence-electron chi connectivity index (χ4n) is 4.61. The molecule has 0 saturated carbocycles. The number of rotatable bonds is 5. The van der Waals surface area contributed by atoms with Gasteiger partial charge in [-0.25, -0.2) is 4.98 Å². The van der Waals surface area contributed by atoms with E-state index in [1.54, 1.807) is 6.07 Å². The standard InChI is InChI=1S/C30H22BrN3O/c31-23-12-6-8-20(18-23)19-32-30-29(22-10-2-1-3-11-22)33-27-15-7-14-25(34(27)30)28-24-13-5-4-9-21(24)16-17-26(28)35/h1-18,32,35H,19H2. The van der Waals surface area contributed by atoms with Gasteiger partial charge in [0, 0.05) is 22.1 Å². The summed E-state index contributed by atoms with van der Waals surface area (Å²) in [7, 11) is 0. The zero-order valence-corrected chi connectivity index (χ0v) is 20.4. The Morgan fingerprint density at radius 1 is 0.800 bits per heavy atom. The highest BCUT2D eigenvalue weighted by Crippen LogP contribution is 2.39. The molecule has 2 heterocycles. The van der Waals surface area contributed by atoms with E-state index in [0.29, 0.717) is 6.54 Å². The van der Waals surface area contributed by atoms with E-state index in [2.05, 4.69) is 56.0 Å². The van der Waals surface area contributed by atoms with Crippen LogP contribution in [0.3, 0.4) is 0 Å². The van der Waals surface area contributed by atoms with Gasteiger partial charge in [-0.3, -0.25) is 4.40 Å². The van der Waals surface area contributed by atoms with Gasteiger partial charge in [0.25, 0.3) is 0 Å².